The fraction of sp³-hybridized carbons (Fsp3) is 0.333. The zero-order chi connectivity index (χ0) is 20.9. The smallest absolute Gasteiger partial charge is 0.161 e. The van der Waals surface area contributed by atoms with Crippen LogP contribution in [0.2, 0.25) is 0 Å². The first-order chi connectivity index (χ1) is 15.3. The molecular weight excluding hydrogens is 388 g/mol. The molecular formula is C27H26O4. The first kappa shape index (κ1) is 18.8. The fourth-order valence-electron chi connectivity index (χ4n) is 5.49. The third kappa shape index (κ3) is 2.93. The summed E-state index contributed by atoms with van der Waals surface area (Å²) in [6.07, 6.45) is 4.84. The van der Waals surface area contributed by atoms with Gasteiger partial charge in [-0.15, -0.1) is 0 Å². The summed E-state index contributed by atoms with van der Waals surface area (Å²) in [6, 6.07) is 18.9. The molecule has 0 N–H and O–H groups in total. The average molecular weight is 415 g/mol. The van der Waals surface area contributed by atoms with Gasteiger partial charge in [0, 0.05) is 16.7 Å². The van der Waals surface area contributed by atoms with E-state index < -0.39 is 0 Å². The molecule has 0 bridgehead atoms. The Morgan fingerprint density at radius 1 is 0.774 bits per heavy atom. The lowest BCUT2D eigenvalue weighted by Crippen LogP contribution is -2.33. The third-order valence-corrected chi connectivity index (χ3v) is 6.99. The van der Waals surface area contributed by atoms with E-state index in [1.54, 1.807) is 14.2 Å². The van der Waals surface area contributed by atoms with Gasteiger partial charge in [0.1, 0.15) is 17.3 Å². The van der Waals surface area contributed by atoms with Gasteiger partial charge >= 0.3 is 0 Å². The molecule has 1 aromatic heterocycles. The Hall–Kier alpha value is -2.98. The van der Waals surface area contributed by atoms with Crippen molar-refractivity contribution >= 4 is 21.9 Å². The molecule has 4 aromatic rings. The minimum Gasteiger partial charge on any atom is -0.493 e. The topological polar surface area (TPSA) is 40.8 Å². The Balaban J connectivity index is 1.54. The van der Waals surface area contributed by atoms with Crippen molar-refractivity contribution in [3.05, 3.63) is 71.3 Å². The minimum atomic E-state index is -0.132. The monoisotopic (exact) mass is 414 g/mol. The quantitative estimate of drug-likeness (QED) is 0.372. The molecule has 158 valence electrons. The van der Waals surface area contributed by atoms with E-state index in [1.807, 2.05) is 12.1 Å². The highest BCUT2D eigenvalue weighted by atomic mass is 16.5. The van der Waals surface area contributed by atoms with Crippen molar-refractivity contribution in [2.24, 2.45) is 0 Å². The molecule has 31 heavy (non-hydrogen) atoms. The highest BCUT2D eigenvalue weighted by molar-refractivity contribution is 6.05. The molecule has 6 rings (SSSR count). The van der Waals surface area contributed by atoms with Crippen LogP contribution in [-0.2, 0) is 4.74 Å². The SMILES string of the molecule is COc1cc2c(cc1OC)[C@H]1CCCC[C@H]1O[C@@H]2c1ccc2oc3ccccc3c2c1. The number of hydrogen-bond acceptors (Lipinski definition) is 4. The third-order valence-electron chi connectivity index (χ3n) is 6.99. The summed E-state index contributed by atoms with van der Waals surface area (Å²) >= 11 is 0. The largest absolute Gasteiger partial charge is 0.493 e. The summed E-state index contributed by atoms with van der Waals surface area (Å²) in [7, 11) is 3.40. The number of methoxy groups -OCH3 is 2. The van der Waals surface area contributed by atoms with Crippen LogP contribution in [0.4, 0.5) is 0 Å². The number of ether oxygens (including phenoxy) is 3. The standard InChI is InChI=1S/C27H26O4/c1-28-25-14-19-17-7-3-6-10-23(17)31-27(21(19)15-26(25)29-2)16-11-12-24-20(13-16)18-8-4-5-9-22(18)30-24/h4-5,8-9,11-15,17,23,27H,3,6-7,10H2,1-2H3/t17-,23-,27-/m1/s1. The van der Waals surface area contributed by atoms with Crippen molar-refractivity contribution in [3.63, 3.8) is 0 Å². The molecule has 0 radical (unpaired) electrons. The van der Waals surface area contributed by atoms with E-state index in [0.29, 0.717) is 5.92 Å². The van der Waals surface area contributed by atoms with Crippen LogP contribution >= 0.6 is 0 Å². The molecule has 2 aliphatic rings. The van der Waals surface area contributed by atoms with Crippen molar-refractivity contribution in [2.75, 3.05) is 14.2 Å². The van der Waals surface area contributed by atoms with Crippen molar-refractivity contribution in [1.29, 1.82) is 0 Å². The number of rotatable bonds is 3. The summed E-state index contributed by atoms with van der Waals surface area (Å²) in [6.45, 7) is 0. The number of benzene rings is 3. The zero-order valence-corrected chi connectivity index (χ0v) is 17.9. The number of fused-ring (bicyclic) bond motifs is 6. The molecule has 0 saturated heterocycles. The summed E-state index contributed by atoms with van der Waals surface area (Å²) in [4.78, 5) is 0. The lowest BCUT2D eigenvalue weighted by atomic mass is 9.75. The second kappa shape index (κ2) is 7.31. The maximum atomic E-state index is 6.79. The average Bonchev–Trinajstić information content (AvgIpc) is 3.20. The van der Waals surface area contributed by atoms with Crippen LogP contribution in [0.3, 0.4) is 0 Å². The summed E-state index contributed by atoms with van der Waals surface area (Å²) in [5, 5.41) is 2.27. The van der Waals surface area contributed by atoms with Crippen LogP contribution < -0.4 is 9.47 Å². The van der Waals surface area contributed by atoms with Gasteiger partial charge in [0.05, 0.1) is 20.3 Å². The molecule has 1 aliphatic carbocycles. The van der Waals surface area contributed by atoms with Crippen LogP contribution in [0.1, 0.15) is 54.4 Å². The molecule has 2 heterocycles. The minimum absolute atomic E-state index is 0.132. The van der Waals surface area contributed by atoms with Crippen LogP contribution in [0, 0.1) is 0 Å². The molecule has 4 nitrogen and oxygen atoms in total. The van der Waals surface area contributed by atoms with Crippen molar-refractivity contribution in [3.8, 4) is 11.5 Å². The number of furan rings is 1. The lowest BCUT2D eigenvalue weighted by molar-refractivity contribution is -0.0390. The molecule has 0 spiro atoms. The van der Waals surface area contributed by atoms with Crippen molar-refractivity contribution in [1.82, 2.24) is 0 Å². The van der Waals surface area contributed by atoms with E-state index >= 15 is 0 Å². The van der Waals surface area contributed by atoms with E-state index in [2.05, 4.69) is 42.5 Å². The maximum absolute atomic E-state index is 6.79. The Kier molecular flexibility index (Phi) is 4.43. The van der Waals surface area contributed by atoms with Crippen LogP contribution in [0.25, 0.3) is 21.9 Å². The second-order valence-corrected chi connectivity index (χ2v) is 8.64. The highest BCUT2D eigenvalue weighted by Gasteiger charge is 2.39. The summed E-state index contributed by atoms with van der Waals surface area (Å²) < 4.78 is 24.1. The van der Waals surface area contributed by atoms with Gasteiger partial charge < -0.3 is 18.6 Å². The van der Waals surface area contributed by atoms with Gasteiger partial charge in [-0.25, -0.2) is 0 Å². The van der Waals surface area contributed by atoms with Crippen molar-refractivity contribution in [2.45, 2.75) is 43.8 Å². The van der Waals surface area contributed by atoms with Crippen molar-refractivity contribution < 1.29 is 18.6 Å². The summed E-state index contributed by atoms with van der Waals surface area (Å²) in [5.41, 5.74) is 5.50. The van der Waals surface area contributed by atoms with E-state index in [1.165, 1.54) is 24.0 Å². The van der Waals surface area contributed by atoms with E-state index in [-0.39, 0.29) is 12.2 Å². The molecule has 1 saturated carbocycles. The summed E-state index contributed by atoms with van der Waals surface area (Å²) in [5.74, 6) is 1.96. The Morgan fingerprint density at radius 3 is 2.35 bits per heavy atom. The first-order valence-electron chi connectivity index (χ1n) is 11.1. The van der Waals surface area contributed by atoms with Gasteiger partial charge in [-0.1, -0.05) is 37.1 Å². The lowest BCUT2D eigenvalue weighted by Gasteiger charge is -2.41. The number of hydrogen-bond donors (Lipinski definition) is 0. The molecule has 1 aliphatic heterocycles. The normalized spacial score (nSPS) is 22.8. The zero-order valence-electron chi connectivity index (χ0n) is 17.9. The van der Waals surface area contributed by atoms with Crippen LogP contribution in [0.5, 0.6) is 11.5 Å². The predicted molar refractivity (Wildman–Crippen MR) is 121 cm³/mol. The Bertz CT molecular complexity index is 1270. The van der Waals surface area contributed by atoms with Crippen LogP contribution in [-0.4, -0.2) is 20.3 Å². The van der Waals surface area contributed by atoms with Crippen LogP contribution in [0.15, 0.2) is 59.0 Å². The van der Waals surface area contributed by atoms with Gasteiger partial charge in [0.25, 0.3) is 0 Å². The highest BCUT2D eigenvalue weighted by Crippen LogP contribution is 2.50. The molecule has 4 heteroatoms. The second-order valence-electron chi connectivity index (χ2n) is 8.64. The maximum Gasteiger partial charge on any atom is 0.161 e. The van der Waals surface area contributed by atoms with Gasteiger partial charge in [-0.05, 0) is 59.9 Å². The number of para-hydroxylation sites is 1. The predicted octanol–water partition coefficient (Wildman–Crippen LogP) is 6.75. The van der Waals surface area contributed by atoms with Gasteiger partial charge in [-0.3, -0.25) is 0 Å². The van der Waals surface area contributed by atoms with Gasteiger partial charge in [0.2, 0.25) is 0 Å². The van der Waals surface area contributed by atoms with Gasteiger partial charge in [0.15, 0.2) is 11.5 Å². The molecule has 1 fully saturated rings. The Morgan fingerprint density at radius 2 is 1.52 bits per heavy atom. The van der Waals surface area contributed by atoms with E-state index in [9.17, 15) is 0 Å². The molecule has 0 amide bonds. The fourth-order valence-corrected chi connectivity index (χ4v) is 5.49. The molecule has 3 atom stereocenters. The van der Waals surface area contributed by atoms with Gasteiger partial charge in [-0.2, -0.15) is 0 Å². The van der Waals surface area contributed by atoms with E-state index in [4.69, 9.17) is 18.6 Å². The molecule has 0 unspecified atom stereocenters. The Labute approximate surface area is 181 Å². The first-order valence-corrected chi connectivity index (χ1v) is 11.1. The molecule has 3 aromatic carbocycles. The van der Waals surface area contributed by atoms with E-state index in [0.717, 1.165) is 51.8 Å².